The maximum atomic E-state index is 12.5. The zero-order valence-electron chi connectivity index (χ0n) is 17.4. The number of carbonyl (C=O) groups excluding carboxylic acids is 2. The van der Waals surface area contributed by atoms with Crippen molar-refractivity contribution in [3.05, 3.63) is 65.1 Å². The average Bonchev–Trinajstić information content (AvgIpc) is 3.06. The van der Waals surface area contributed by atoms with Gasteiger partial charge in [0.15, 0.2) is 0 Å². The summed E-state index contributed by atoms with van der Waals surface area (Å²) in [4.78, 5) is 28.2. The van der Waals surface area contributed by atoms with Crippen LogP contribution in [0, 0.1) is 13.8 Å². The van der Waals surface area contributed by atoms with Crippen LogP contribution in [0.1, 0.15) is 33.7 Å². The van der Waals surface area contributed by atoms with E-state index in [1.165, 1.54) is 7.11 Å². The second-order valence-corrected chi connectivity index (χ2v) is 7.55. The standard InChI is InChI=1S/C22H24N4O3S/c1-14-19(10-12-21(27)29-3)15(2)26(25-14)18-8-5-16(6-9-18)22(28)24-17-7-11-20(30-4)23-13-17/h5-9,11,13H,10,12H2,1-4H3,(H,24,28). The van der Waals surface area contributed by atoms with Gasteiger partial charge in [0, 0.05) is 17.7 Å². The van der Waals surface area contributed by atoms with E-state index < -0.39 is 0 Å². The van der Waals surface area contributed by atoms with Crippen molar-refractivity contribution in [1.29, 1.82) is 0 Å². The number of esters is 1. The predicted molar refractivity (Wildman–Crippen MR) is 117 cm³/mol. The van der Waals surface area contributed by atoms with E-state index in [1.807, 2.05) is 49.1 Å². The van der Waals surface area contributed by atoms with Gasteiger partial charge in [0.25, 0.3) is 5.91 Å². The van der Waals surface area contributed by atoms with E-state index in [0.717, 1.165) is 27.7 Å². The highest BCUT2D eigenvalue weighted by Gasteiger charge is 2.15. The van der Waals surface area contributed by atoms with Crippen LogP contribution in [0.25, 0.3) is 5.69 Å². The Bertz CT molecular complexity index is 1040. The molecule has 0 saturated carbocycles. The fourth-order valence-electron chi connectivity index (χ4n) is 3.15. The first-order valence-corrected chi connectivity index (χ1v) is 10.7. The molecule has 8 heteroatoms. The van der Waals surface area contributed by atoms with E-state index in [4.69, 9.17) is 4.74 Å². The summed E-state index contributed by atoms with van der Waals surface area (Å²) in [7, 11) is 1.39. The average molecular weight is 425 g/mol. The van der Waals surface area contributed by atoms with Crippen molar-refractivity contribution in [1.82, 2.24) is 14.8 Å². The summed E-state index contributed by atoms with van der Waals surface area (Å²) in [5.41, 5.74) is 4.91. The van der Waals surface area contributed by atoms with Crippen LogP contribution in [-0.2, 0) is 16.0 Å². The number of hydrogen-bond donors (Lipinski definition) is 1. The van der Waals surface area contributed by atoms with Crippen LogP contribution in [0.15, 0.2) is 47.6 Å². The summed E-state index contributed by atoms with van der Waals surface area (Å²) in [5, 5.41) is 8.34. The smallest absolute Gasteiger partial charge is 0.305 e. The molecule has 3 aromatic rings. The number of benzene rings is 1. The Labute approximate surface area is 179 Å². The van der Waals surface area contributed by atoms with Crippen LogP contribution in [0.2, 0.25) is 0 Å². The van der Waals surface area contributed by atoms with Gasteiger partial charge in [-0.3, -0.25) is 9.59 Å². The number of anilines is 1. The van der Waals surface area contributed by atoms with E-state index in [9.17, 15) is 9.59 Å². The third-order valence-electron chi connectivity index (χ3n) is 4.83. The molecule has 0 fully saturated rings. The van der Waals surface area contributed by atoms with Gasteiger partial charge in [-0.05, 0) is 68.5 Å². The number of carbonyl (C=O) groups is 2. The second-order valence-electron chi connectivity index (χ2n) is 6.73. The van der Waals surface area contributed by atoms with E-state index in [-0.39, 0.29) is 11.9 Å². The minimum Gasteiger partial charge on any atom is -0.469 e. The zero-order valence-corrected chi connectivity index (χ0v) is 18.2. The zero-order chi connectivity index (χ0) is 21.7. The number of aromatic nitrogens is 3. The summed E-state index contributed by atoms with van der Waals surface area (Å²) in [5.74, 6) is -0.442. The van der Waals surface area contributed by atoms with Crippen LogP contribution < -0.4 is 5.32 Å². The fraction of sp³-hybridized carbons (Fsp3) is 0.273. The molecule has 3 rings (SSSR count). The molecule has 7 nitrogen and oxygen atoms in total. The highest BCUT2D eigenvalue weighted by Crippen LogP contribution is 2.20. The first-order chi connectivity index (χ1) is 14.4. The number of thioether (sulfide) groups is 1. The topological polar surface area (TPSA) is 86.1 Å². The van der Waals surface area contributed by atoms with E-state index in [1.54, 1.807) is 30.1 Å². The summed E-state index contributed by atoms with van der Waals surface area (Å²) < 4.78 is 6.55. The van der Waals surface area contributed by atoms with Crippen LogP contribution in [0.4, 0.5) is 5.69 Å². The van der Waals surface area contributed by atoms with Crippen molar-refractivity contribution in [2.75, 3.05) is 18.7 Å². The van der Waals surface area contributed by atoms with Gasteiger partial charge in [0.05, 0.1) is 35.4 Å². The highest BCUT2D eigenvalue weighted by atomic mass is 32.2. The molecule has 1 amide bonds. The number of pyridine rings is 1. The van der Waals surface area contributed by atoms with Crippen molar-refractivity contribution in [3.63, 3.8) is 0 Å². The predicted octanol–water partition coefficient (Wildman–Crippen LogP) is 3.96. The van der Waals surface area contributed by atoms with Crippen LogP contribution in [0.5, 0.6) is 0 Å². The molecule has 30 heavy (non-hydrogen) atoms. The quantitative estimate of drug-likeness (QED) is 0.456. The van der Waals surface area contributed by atoms with Gasteiger partial charge in [0.1, 0.15) is 0 Å². The summed E-state index contributed by atoms with van der Waals surface area (Å²) in [6.45, 7) is 3.90. The molecular formula is C22H24N4O3S. The van der Waals surface area contributed by atoms with Gasteiger partial charge in [0.2, 0.25) is 0 Å². The molecule has 0 aliphatic rings. The third kappa shape index (κ3) is 4.88. The van der Waals surface area contributed by atoms with Crippen molar-refractivity contribution < 1.29 is 14.3 Å². The SMILES string of the molecule is COC(=O)CCc1c(C)nn(-c2ccc(C(=O)Nc3ccc(SC)nc3)cc2)c1C. The monoisotopic (exact) mass is 424 g/mol. The normalized spacial score (nSPS) is 10.7. The van der Waals surface area contributed by atoms with Gasteiger partial charge in [-0.25, -0.2) is 9.67 Å². The molecule has 1 aromatic carbocycles. The lowest BCUT2D eigenvalue weighted by Crippen LogP contribution is -2.12. The molecule has 0 spiro atoms. The van der Waals surface area contributed by atoms with Crippen LogP contribution in [0.3, 0.4) is 0 Å². The van der Waals surface area contributed by atoms with Gasteiger partial charge >= 0.3 is 5.97 Å². The molecule has 156 valence electrons. The number of nitrogens with zero attached hydrogens (tertiary/aromatic N) is 3. The van der Waals surface area contributed by atoms with E-state index in [2.05, 4.69) is 15.4 Å². The van der Waals surface area contributed by atoms with Gasteiger partial charge in [-0.2, -0.15) is 5.10 Å². The Hall–Kier alpha value is -3.13. The number of hydrogen-bond acceptors (Lipinski definition) is 6. The van der Waals surface area contributed by atoms with Crippen molar-refractivity contribution in [2.24, 2.45) is 0 Å². The molecule has 2 heterocycles. The van der Waals surface area contributed by atoms with Crippen molar-refractivity contribution >= 4 is 29.3 Å². The van der Waals surface area contributed by atoms with Crippen LogP contribution >= 0.6 is 11.8 Å². The Morgan fingerprint density at radius 3 is 2.47 bits per heavy atom. The van der Waals surface area contributed by atoms with E-state index >= 15 is 0 Å². The maximum absolute atomic E-state index is 12.5. The Morgan fingerprint density at radius 1 is 1.13 bits per heavy atom. The van der Waals surface area contributed by atoms with Crippen LogP contribution in [-0.4, -0.2) is 40.0 Å². The number of aryl methyl sites for hydroxylation is 1. The lowest BCUT2D eigenvalue weighted by atomic mass is 10.1. The lowest BCUT2D eigenvalue weighted by molar-refractivity contribution is -0.140. The number of methoxy groups -OCH3 is 1. The summed E-state index contributed by atoms with van der Waals surface area (Å²) in [6, 6.07) is 10.9. The minimum atomic E-state index is -0.241. The van der Waals surface area contributed by atoms with Gasteiger partial charge in [-0.1, -0.05) is 0 Å². The van der Waals surface area contributed by atoms with E-state index in [0.29, 0.717) is 24.1 Å². The summed E-state index contributed by atoms with van der Waals surface area (Å²) >= 11 is 1.55. The summed E-state index contributed by atoms with van der Waals surface area (Å²) in [6.07, 6.45) is 4.49. The Kier molecular flexibility index (Phi) is 6.89. The third-order valence-corrected chi connectivity index (χ3v) is 5.49. The van der Waals surface area contributed by atoms with Crippen molar-refractivity contribution in [2.45, 2.75) is 31.7 Å². The Balaban J connectivity index is 1.73. The Morgan fingerprint density at radius 2 is 1.87 bits per heavy atom. The number of ether oxygens (including phenoxy) is 1. The van der Waals surface area contributed by atoms with Crippen molar-refractivity contribution in [3.8, 4) is 5.69 Å². The molecule has 0 atom stereocenters. The van der Waals surface area contributed by atoms with Gasteiger partial charge in [-0.15, -0.1) is 11.8 Å². The highest BCUT2D eigenvalue weighted by molar-refractivity contribution is 7.98. The molecule has 0 radical (unpaired) electrons. The largest absolute Gasteiger partial charge is 0.469 e. The number of rotatable bonds is 7. The fourth-order valence-corrected chi connectivity index (χ4v) is 3.51. The molecular weight excluding hydrogens is 400 g/mol. The lowest BCUT2D eigenvalue weighted by Gasteiger charge is -2.08. The molecule has 0 bridgehead atoms. The minimum absolute atomic E-state index is 0.201. The maximum Gasteiger partial charge on any atom is 0.305 e. The second kappa shape index (κ2) is 9.58. The molecule has 1 N–H and O–H groups in total. The molecule has 2 aromatic heterocycles. The number of nitrogens with one attached hydrogen (secondary N) is 1. The first kappa shape index (κ1) is 21.6. The molecule has 0 saturated heterocycles. The molecule has 0 aliphatic heterocycles. The molecule has 0 aliphatic carbocycles. The molecule has 0 unspecified atom stereocenters. The van der Waals surface area contributed by atoms with Gasteiger partial charge < -0.3 is 10.1 Å². The number of amides is 1. The first-order valence-electron chi connectivity index (χ1n) is 9.46.